The van der Waals surface area contributed by atoms with Crippen LogP contribution in [-0.2, 0) is 6.54 Å². The van der Waals surface area contributed by atoms with Gasteiger partial charge in [-0.1, -0.05) is 31.1 Å². The highest BCUT2D eigenvalue weighted by Crippen LogP contribution is 2.27. The van der Waals surface area contributed by atoms with E-state index in [4.69, 9.17) is 4.52 Å². The molecule has 1 aliphatic carbocycles. The Balaban J connectivity index is 1.54. The van der Waals surface area contributed by atoms with Crippen LogP contribution in [-0.4, -0.2) is 32.0 Å². The fourth-order valence-corrected chi connectivity index (χ4v) is 3.09. The average molecular weight is 378 g/mol. The smallest absolute Gasteiger partial charge is 0.274 e. The number of carbonyl (C=O) groups is 1. The van der Waals surface area contributed by atoms with Gasteiger partial charge in [-0.3, -0.25) is 9.20 Å². The van der Waals surface area contributed by atoms with Gasteiger partial charge in [0.15, 0.2) is 0 Å². The predicted molar refractivity (Wildman–Crippen MR) is 104 cm³/mol. The van der Waals surface area contributed by atoms with Crippen molar-refractivity contribution >= 4 is 17.1 Å². The number of nitrogens with one attached hydrogen (secondary N) is 2. The molecule has 0 fully saturated rings. The number of pyridine rings is 1. The summed E-state index contributed by atoms with van der Waals surface area (Å²) in [4.78, 5) is 21.5. The van der Waals surface area contributed by atoms with Crippen LogP contribution in [0, 0.1) is 5.92 Å². The molecule has 2 N–H and O–H groups in total. The van der Waals surface area contributed by atoms with Crippen LogP contribution in [0.5, 0.6) is 0 Å². The summed E-state index contributed by atoms with van der Waals surface area (Å²) in [5.74, 6) is 1.06. The average Bonchev–Trinajstić information content (AvgIpc) is 3.35. The summed E-state index contributed by atoms with van der Waals surface area (Å²) in [6.07, 6.45) is 8.17. The first-order chi connectivity index (χ1) is 13.7. The molecule has 0 spiro atoms. The van der Waals surface area contributed by atoms with E-state index in [1.807, 2.05) is 37.4 Å². The van der Waals surface area contributed by atoms with Crippen LogP contribution in [0.4, 0.5) is 0 Å². The van der Waals surface area contributed by atoms with E-state index in [0.29, 0.717) is 24.0 Å². The predicted octanol–water partition coefficient (Wildman–Crippen LogP) is 2.56. The number of carbonyl (C=O) groups excluding carboxylic acids is 1. The minimum atomic E-state index is -0.195. The number of rotatable bonds is 6. The maximum absolute atomic E-state index is 12.8. The lowest BCUT2D eigenvalue weighted by Crippen LogP contribution is -2.28. The Morgan fingerprint density at radius 1 is 1.39 bits per heavy atom. The summed E-state index contributed by atoms with van der Waals surface area (Å²) in [5, 5.41) is 10.2. The minimum Gasteiger partial charge on any atom is -0.338 e. The third kappa shape index (κ3) is 3.59. The largest absolute Gasteiger partial charge is 0.338 e. The number of amides is 1. The summed E-state index contributed by atoms with van der Waals surface area (Å²) in [6.45, 7) is 5.45. The Morgan fingerprint density at radius 2 is 2.29 bits per heavy atom. The van der Waals surface area contributed by atoms with Crippen molar-refractivity contribution < 1.29 is 9.32 Å². The molecule has 8 nitrogen and oxygen atoms in total. The molecule has 0 saturated carbocycles. The van der Waals surface area contributed by atoms with Gasteiger partial charge in [-0.2, -0.15) is 4.98 Å². The summed E-state index contributed by atoms with van der Waals surface area (Å²) >= 11 is 0. The molecule has 1 amide bonds. The molecular weight excluding hydrogens is 356 g/mol. The van der Waals surface area contributed by atoms with Gasteiger partial charge in [0, 0.05) is 17.5 Å². The van der Waals surface area contributed by atoms with Gasteiger partial charge in [-0.25, -0.2) is 4.98 Å². The van der Waals surface area contributed by atoms with Gasteiger partial charge < -0.3 is 15.2 Å². The van der Waals surface area contributed by atoms with Crippen molar-refractivity contribution in [1.82, 2.24) is 30.2 Å². The number of hydrogen-bond acceptors (Lipinski definition) is 6. The standard InChI is InChI=1S/C20H22N6O2/c1-3-21-12-18-24-19(25-28-18)14-8-7-13(2)15(10-14)23-20(27)16-11-22-17-6-4-5-9-26(16)17/h4-6,8-11,13,21H,3,7,12H2,1-2H3,(H,23,27). The Labute approximate surface area is 162 Å². The monoisotopic (exact) mass is 378 g/mol. The molecule has 144 valence electrons. The Morgan fingerprint density at radius 3 is 3.14 bits per heavy atom. The van der Waals surface area contributed by atoms with Crippen LogP contribution >= 0.6 is 0 Å². The van der Waals surface area contributed by atoms with Gasteiger partial charge in [0.2, 0.25) is 11.7 Å². The minimum absolute atomic E-state index is 0.181. The number of nitrogens with zero attached hydrogens (tertiary/aromatic N) is 4. The van der Waals surface area contributed by atoms with Gasteiger partial charge in [-0.15, -0.1) is 0 Å². The number of fused-ring (bicyclic) bond motifs is 1. The van der Waals surface area contributed by atoms with Gasteiger partial charge >= 0.3 is 0 Å². The molecular formula is C20H22N6O2. The summed E-state index contributed by atoms with van der Waals surface area (Å²) in [5.41, 5.74) is 2.90. The molecule has 3 heterocycles. The number of imidazole rings is 1. The van der Waals surface area contributed by atoms with Crippen molar-refractivity contribution in [2.45, 2.75) is 26.8 Å². The first-order valence-corrected chi connectivity index (χ1v) is 9.34. The summed E-state index contributed by atoms with van der Waals surface area (Å²) < 4.78 is 7.05. The van der Waals surface area contributed by atoms with Crippen LogP contribution < -0.4 is 10.6 Å². The van der Waals surface area contributed by atoms with Crippen LogP contribution in [0.3, 0.4) is 0 Å². The summed E-state index contributed by atoms with van der Waals surface area (Å²) in [6, 6.07) is 5.62. The zero-order chi connectivity index (χ0) is 19.5. The Kier molecular flexibility index (Phi) is 5.03. The fourth-order valence-electron chi connectivity index (χ4n) is 3.09. The van der Waals surface area contributed by atoms with Crippen LogP contribution in [0.15, 0.2) is 53.0 Å². The second kappa shape index (κ2) is 7.77. The van der Waals surface area contributed by atoms with Gasteiger partial charge in [0.1, 0.15) is 11.3 Å². The van der Waals surface area contributed by atoms with E-state index in [9.17, 15) is 4.79 Å². The van der Waals surface area contributed by atoms with Crippen molar-refractivity contribution in [3.05, 3.63) is 65.9 Å². The van der Waals surface area contributed by atoms with Gasteiger partial charge in [0.05, 0.1) is 12.7 Å². The topological polar surface area (TPSA) is 97.3 Å². The second-order valence-corrected chi connectivity index (χ2v) is 6.71. The maximum atomic E-state index is 12.8. The van der Waals surface area contributed by atoms with E-state index >= 15 is 0 Å². The SMILES string of the molecule is CCNCc1nc(C2=CCC(C)C(NC(=O)c3cnc4ccccn34)=C2)no1. The zero-order valence-electron chi connectivity index (χ0n) is 15.8. The van der Waals surface area contributed by atoms with E-state index in [-0.39, 0.29) is 11.8 Å². The van der Waals surface area contributed by atoms with E-state index < -0.39 is 0 Å². The molecule has 0 aromatic carbocycles. The number of aromatic nitrogens is 4. The van der Waals surface area contributed by atoms with Gasteiger partial charge in [-0.05, 0) is 37.1 Å². The first-order valence-electron chi connectivity index (χ1n) is 9.34. The lowest BCUT2D eigenvalue weighted by Gasteiger charge is -2.20. The molecule has 0 aliphatic heterocycles. The molecule has 4 rings (SSSR count). The van der Waals surface area contributed by atoms with Crippen LogP contribution in [0.2, 0.25) is 0 Å². The fraction of sp³-hybridized carbons (Fsp3) is 0.300. The highest BCUT2D eigenvalue weighted by atomic mass is 16.5. The van der Waals surface area contributed by atoms with Crippen molar-refractivity contribution in [1.29, 1.82) is 0 Å². The van der Waals surface area contributed by atoms with E-state index in [1.165, 1.54) is 0 Å². The molecule has 8 heteroatoms. The Hall–Kier alpha value is -3.26. The van der Waals surface area contributed by atoms with E-state index in [1.54, 1.807) is 10.6 Å². The number of allylic oxidation sites excluding steroid dienone is 4. The normalized spacial score (nSPS) is 16.7. The summed E-state index contributed by atoms with van der Waals surface area (Å²) in [7, 11) is 0. The lowest BCUT2D eigenvalue weighted by atomic mass is 9.94. The third-order valence-corrected chi connectivity index (χ3v) is 4.69. The van der Waals surface area contributed by atoms with E-state index in [2.05, 4.69) is 38.8 Å². The van der Waals surface area contributed by atoms with Crippen LogP contribution in [0.1, 0.15) is 42.5 Å². The molecule has 1 unspecified atom stereocenters. The zero-order valence-corrected chi connectivity index (χ0v) is 15.8. The van der Waals surface area contributed by atoms with Gasteiger partial charge in [0.25, 0.3) is 5.91 Å². The van der Waals surface area contributed by atoms with Crippen molar-refractivity contribution in [3.63, 3.8) is 0 Å². The highest BCUT2D eigenvalue weighted by Gasteiger charge is 2.21. The lowest BCUT2D eigenvalue weighted by molar-refractivity contribution is 0.0956. The highest BCUT2D eigenvalue weighted by molar-refractivity contribution is 5.94. The molecule has 0 saturated heterocycles. The van der Waals surface area contributed by atoms with Crippen molar-refractivity contribution in [2.75, 3.05) is 6.54 Å². The molecule has 28 heavy (non-hydrogen) atoms. The van der Waals surface area contributed by atoms with E-state index in [0.717, 1.165) is 29.9 Å². The first kappa shape index (κ1) is 18.1. The quantitative estimate of drug-likeness (QED) is 0.684. The molecule has 0 bridgehead atoms. The van der Waals surface area contributed by atoms with Crippen molar-refractivity contribution in [2.24, 2.45) is 5.92 Å². The van der Waals surface area contributed by atoms with Crippen LogP contribution in [0.25, 0.3) is 11.2 Å². The second-order valence-electron chi connectivity index (χ2n) is 6.71. The molecule has 1 atom stereocenters. The Bertz CT molecular complexity index is 1060. The molecule has 3 aromatic heterocycles. The molecule has 0 radical (unpaired) electrons. The third-order valence-electron chi connectivity index (χ3n) is 4.69. The maximum Gasteiger partial charge on any atom is 0.274 e. The van der Waals surface area contributed by atoms with Crippen molar-refractivity contribution in [3.8, 4) is 0 Å². The molecule has 1 aliphatic rings. The molecule has 3 aromatic rings. The number of hydrogen-bond donors (Lipinski definition) is 2.